The number of carbonyl (C=O) groups is 1. The van der Waals surface area contributed by atoms with Gasteiger partial charge < -0.3 is 4.43 Å². The van der Waals surface area contributed by atoms with Crippen molar-refractivity contribution in [2.24, 2.45) is 5.41 Å². The maximum atomic E-state index is 11.5. The van der Waals surface area contributed by atoms with Crippen LogP contribution < -0.4 is 0 Å². The number of hydrogen-bond acceptors (Lipinski definition) is 2. The molecule has 100 valence electrons. The molecule has 0 N–H and O–H groups in total. The van der Waals surface area contributed by atoms with Crippen LogP contribution in [0, 0.1) is 5.41 Å². The molecule has 0 spiro atoms. The standard InChI is InChI=1S/C14H28O2Si/c1-13(2,3)17(6,7)16-12-9-8-11(15)10-14(12,4)5/h12H,8-10H2,1-7H3/t12-/m0/s1. The number of carbonyl (C=O) groups excluding carboxylic acids is 1. The third kappa shape index (κ3) is 3.41. The molecular weight excluding hydrogens is 228 g/mol. The molecule has 0 radical (unpaired) electrons. The Morgan fingerprint density at radius 1 is 1.29 bits per heavy atom. The van der Waals surface area contributed by atoms with Crippen molar-refractivity contribution in [3.8, 4) is 0 Å². The van der Waals surface area contributed by atoms with E-state index < -0.39 is 8.32 Å². The molecule has 1 aliphatic rings. The van der Waals surface area contributed by atoms with E-state index in [0.717, 1.165) is 6.42 Å². The van der Waals surface area contributed by atoms with Crippen LogP contribution in [0.4, 0.5) is 0 Å². The molecule has 1 fully saturated rings. The Morgan fingerprint density at radius 2 is 1.82 bits per heavy atom. The van der Waals surface area contributed by atoms with Gasteiger partial charge in [-0.2, -0.15) is 0 Å². The van der Waals surface area contributed by atoms with Crippen LogP contribution in [0.15, 0.2) is 0 Å². The molecule has 1 rings (SSSR count). The first-order chi connectivity index (χ1) is 7.46. The van der Waals surface area contributed by atoms with Crippen molar-refractivity contribution >= 4 is 14.1 Å². The molecule has 2 nitrogen and oxygen atoms in total. The summed E-state index contributed by atoms with van der Waals surface area (Å²) < 4.78 is 6.49. The molecule has 0 saturated heterocycles. The Bertz CT molecular complexity index is 300. The average molecular weight is 256 g/mol. The molecule has 1 aliphatic carbocycles. The second kappa shape index (κ2) is 4.50. The van der Waals surface area contributed by atoms with Crippen LogP contribution in [0.3, 0.4) is 0 Å². The topological polar surface area (TPSA) is 26.3 Å². The van der Waals surface area contributed by atoms with Gasteiger partial charge in [0.1, 0.15) is 5.78 Å². The van der Waals surface area contributed by atoms with Crippen LogP contribution in [0.5, 0.6) is 0 Å². The van der Waals surface area contributed by atoms with E-state index in [4.69, 9.17) is 4.43 Å². The summed E-state index contributed by atoms with van der Waals surface area (Å²) in [6.45, 7) is 15.7. The molecule has 0 amide bonds. The van der Waals surface area contributed by atoms with E-state index in [9.17, 15) is 4.79 Å². The van der Waals surface area contributed by atoms with Gasteiger partial charge in [0.15, 0.2) is 8.32 Å². The molecule has 0 bridgehead atoms. The quantitative estimate of drug-likeness (QED) is 0.694. The highest BCUT2D eigenvalue weighted by molar-refractivity contribution is 6.74. The van der Waals surface area contributed by atoms with Crippen LogP contribution in [0.1, 0.15) is 53.9 Å². The molecule has 3 heteroatoms. The number of ketones is 1. The Morgan fingerprint density at radius 3 is 2.24 bits per heavy atom. The summed E-state index contributed by atoms with van der Waals surface area (Å²) in [6.07, 6.45) is 2.52. The van der Waals surface area contributed by atoms with Crippen LogP contribution >= 0.6 is 0 Å². The minimum atomic E-state index is -1.71. The van der Waals surface area contributed by atoms with Crippen molar-refractivity contribution in [1.29, 1.82) is 0 Å². The van der Waals surface area contributed by atoms with Crippen LogP contribution in [-0.4, -0.2) is 20.2 Å². The monoisotopic (exact) mass is 256 g/mol. The summed E-state index contributed by atoms with van der Waals surface area (Å²) in [4.78, 5) is 11.5. The lowest BCUT2D eigenvalue weighted by Gasteiger charge is -2.46. The van der Waals surface area contributed by atoms with E-state index in [0.29, 0.717) is 18.6 Å². The summed E-state index contributed by atoms with van der Waals surface area (Å²) in [7, 11) is -1.71. The van der Waals surface area contributed by atoms with Crippen molar-refractivity contribution < 1.29 is 9.22 Å². The molecule has 1 saturated carbocycles. The SMILES string of the molecule is CC1(C)CC(=O)CC[C@@H]1O[Si](C)(C)C(C)(C)C. The van der Waals surface area contributed by atoms with E-state index in [-0.39, 0.29) is 16.6 Å². The van der Waals surface area contributed by atoms with Crippen LogP contribution in [-0.2, 0) is 9.22 Å². The molecule has 0 unspecified atom stereocenters. The van der Waals surface area contributed by atoms with Crippen molar-refractivity contribution in [2.75, 3.05) is 0 Å². The van der Waals surface area contributed by atoms with E-state index in [1.54, 1.807) is 0 Å². The summed E-state index contributed by atoms with van der Waals surface area (Å²) in [5.41, 5.74) is 0.00481. The van der Waals surface area contributed by atoms with Gasteiger partial charge in [-0.05, 0) is 30.0 Å². The van der Waals surface area contributed by atoms with Gasteiger partial charge in [0, 0.05) is 12.8 Å². The van der Waals surface area contributed by atoms with Gasteiger partial charge in [-0.3, -0.25) is 4.79 Å². The van der Waals surface area contributed by atoms with Gasteiger partial charge in [-0.25, -0.2) is 0 Å². The Hall–Kier alpha value is -0.153. The lowest BCUT2D eigenvalue weighted by molar-refractivity contribution is -0.127. The van der Waals surface area contributed by atoms with Crippen molar-refractivity contribution in [3.05, 3.63) is 0 Å². The zero-order valence-electron chi connectivity index (χ0n) is 12.5. The molecule has 1 atom stereocenters. The zero-order chi connectivity index (χ0) is 13.5. The summed E-state index contributed by atoms with van der Waals surface area (Å²) in [5.74, 6) is 0.394. The lowest BCUT2D eigenvalue weighted by atomic mass is 9.74. The molecule has 0 aromatic carbocycles. The van der Waals surface area contributed by atoms with Gasteiger partial charge in [-0.1, -0.05) is 34.6 Å². The second-order valence-electron chi connectivity index (χ2n) is 7.61. The number of Topliss-reactive ketones (excluding diaryl/α,β-unsaturated/α-hetero) is 1. The fraction of sp³-hybridized carbons (Fsp3) is 0.929. The van der Waals surface area contributed by atoms with Crippen molar-refractivity contribution in [3.63, 3.8) is 0 Å². The second-order valence-corrected chi connectivity index (χ2v) is 12.4. The normalized spacial score (nSPS) is 26.1. The van der Waals surface area contributed by atoms with Crippen molar-refractivity contribution in [1.82, 2.24) is 0 Å². The van der Waals surface area contributed by atoms with E-state index in [1.165, 1.54) is 0 Å². The third-order valence-corrected chi connectivity index (χ3v) is 8.94. The highest BCUT2D eigenvalue weighted by Crippen LogP contribution is 2.43. The summed E-state index contributed by atoms with van der Waals surface area (Å²) in [6, 6.07) is 0. The maximum Gasteiger partial charge on any atom is 0.192 e. The predicted octanol–water partition coefficient (Wildman–Crippen LogP) is 4.16. The Kier molecular flexibility index (Phi) is 3.95. The highest BCUT2D eigenvalue weighted by atomic mass is 28.4. The molecule has 0 aromatic heterocycles. The van der Waals surface area contributed by atoms with Gasteiger partial charge in [0.2, 0.25) is 0 Å². The van der Waals surface area contributed by atoms with Crippen LogP contribution in [0.25, 0.3) is 0 Å². The number of hydrogen-bond donors (Lipinski definition) is 0. The minimum absolute atomic E-state index is 0.00481. The molecule has 0 aliphatic heterocycles. The first-order valence-corrected chi connectivity index (χ1v) is 9.56. The highest BCUT2D eigenvalue weighted by Gasteiger charge is 2.44. The molecule has 0 aromatic rings. The molecule has 17 heavy (non-hydrogen) atoms. The fourth-order valence-electron chi connectivity index (χ4n) is 2.14. The fourth-order valence-corrected chi connectivity index (χ4v) is 3.65. The van der Waals surface area contributed by atoms with E-state index in [2.05, 4.69) is 47.7 Å². The van der Waals surface area contributed by atoms with Gasteiger partial charge in [-0.15, -0.1) is 0 Å². The molecular formula is C14H28O2Si. The third-order valence-electron chi connectivity index (χ3n) is 4.45. The zero-order valence-corrected chi connectivity index (χ0v) is 13.5. The Labute approximate surface area is 107 Å². The van der Waals surface area contributed by atoms with Gasteiger partial charge in [0.05, 0.1) is 6.10 Å². The van der Waals surface area contributed by atoms with E-state index >= 15 is 0 Å². The van der Waals surface area contributed by atoms with Crippen molar-refractivity contribution in [2.45, 2.75) is 78.1 Å². The largest absolute Gasteiger partial charge is 0.413 e. The Balaban J connectivity index is 2.78. The summed E-state index contributed by atoms with van der Waals surface area (Å²) in [5, 5.41) is 0.241. The average Bonchev–Trinajstić information content (AvgIpc) is 2.07. The van der Waals surface area contributed by atoms with E-state index in [1.807, 2.05) is 0 Å². The number of rotatable bonds is 2. The first kappa shape index (κ1) is 14.9. The predicted molar refractivity (Wildman–Crippen MR) is 74.7 cm³/mol. The van der Waals surface area contributed by atoms with Crippen LogP contribution in [0.2, 0.25) is 18.1 Å². The summed E-state index contributed by atoms with van der Waals surface area (Å²) >= 11 is 0. The minimum Gasteiger partial charge on any atom is -0.413 e. The first-order valence-electron chi connectivity index (χ1n) is 6.65. The van der Waals surface area contributed by atoms with Gasteiger partial charge >= 0.3 is 0 Å². The molecule has 0 heterocycles. The van der Waals surface area contributed by atoms with Gasteiger partial charge in [0.25, 0.3) is 0 Å². The maximum absolute atomic E-state index is 11.5. The smallest absolute Gasteiger partial charge is 0.192 e. The lowest BCUT2D eigenvalue weighted by Crippen LogP contribution is -2.49.